The fourth-order valence-corrected chi connectivity index (χ4v) is 2.10. The van der Waals surface area contributed by atoms with E-state index in [0.717, 1.165) is 6.42 Å². The van der Waals surface area contributed by atoms with Gasteiger partial charge < -0.3 is 10.2 Å². The molecule has 0 heterocycles. The predicted molar refractivity (Wildman–Crippen MR) is 48.8 cm³/mol. The molecule has 1 rings (SSSR count). The molecule has 3 atom stereocenters. The van der Waals surface area contributed by atoms with E-state index < -0.39 is 11.7 Å². The van der Waals surface area contributed by atoms with E-state index in [0.29, 0.717) is 6.42 Å². The number of rotatable bonds is 0. The maximum Gasteiger partial charge on any atom is 0.0907 e. The van der Waals surface area contributed by atoms with Crippen molar-refractivity contribution in [3.05, 3.63) is 0 Å². The molecule has 1 saturated carbocycles. The minimum absolute atomic E-state index is 0.142. The number of hydrogen-bond donors (Lipinski definition) is 2. The lowest BCUT2D eigenvalue weighted by molar-refractivity contribution is -0.157. The van der Waals surface area contributed by atoms with Crippen LogP contribution in [0.25, 0.3) is 0 Å². The van der Waals surface area contributed by atoms with Gasteiger partial charge in [0, 0.05) is 0 Å². The maximum atomic E-state index is 10.00. The van der Waals surface area contributed by atoms with Gasteiger partial charge in [0.1, 0.15) is 0 Å². The highest BCUT2D eigenvalue weighted by Crippen LogP contribution is 2.45. The Bertz CT molecular complexity index is 173. The lowest BCUT2D eigenvalue weighted by Gasteiger charge is -2.48. The van der Waals surface area contributed by atoms with Crippen LogP contribution >= 0.6 is 0 Å². The van der Waals surface area contributed by atoms with Crippen molar-refractivity contribution in [2.75, 3.05) is 0 Å². The summed E-state index contributed by atoms with van der Waals surface area (Å²) in [6.45, 7) is 8.06. The van der Waals surface area contributed by atoms with Crippen molar-refractivity contribution < 1.29 is 10.2 Å². The van der Waals surface area contributed by atoms with Crippen LogP contribution in [0, 0.1) is 11.3 Å². The molecule has 0 saturated heterocycles. The zero-order valence-electron chi connectivity index (χ0n) is 8.46. The summed E-state index contributed by atoms with van der Waals surface area (Å²) in [4.78, 5) is 0. The second-order valence-corrected chi connectivity index (χ2v) is 4.99. The van der Waals surface area contributed by atoms with Crippen LogP contribution in [0.4, 0.5) is 0 Å². The van der Waals surface area contributed by atoms with E-state index in [4.69, 9.17) is 0 Å². The van der Waals surface area contributed by atoms with E-state index >= 15 is 0 Å². The minimum Gasteiger partial charge on any atom is -0.390 e. The first-order valence-corrected chi connectivity index (χ1v) is 4.69. The summed E-state index contributed by atoms with van der Waals surface area (Å²) >= 11 is 0. The van der Waals surface area contributed by atoms with Gasteiger partial charge in [-0.3, -0.25) is 0 Å². The summed E-state index contributed by atoms with van der Waals surface area (Å²) in [6.07, 6.45) is 1.15. The van der Waals surface area contributed by atoms with Crippen LogP contribution in [0.3, 0.4) is 0 Å². The van der Waals surface area contributed by atoms with Crippen LogP contribution < -0.4 is 0 Å². The maximum absolute atomic E-state index is 10.00. The number of hydrogen-bond acceptors (Lipinski definition) is 2. The largest absolute Gasteiger partial charge is 0.390 e. The normalized spacial score (nSPS) is 47.5. The van der Waals surface area contributed by atoms with Crippen molar-refractivity contribution in [2.24, 2.45) is 11.3 Å². The number of aliphatic hydroxyl groups excluding tert-OH is 1. The topological polar surface area (TPSA) is 40.5 Å². The zero-order chi connectivity index (χ0) is 9.57. The molecule has 0 aromatic rings. The summed E-state index contributed by atoms with van der Waals surface area (Å²) in [6, 6.07) is 0. The Hall–Kier alpha value is -0.0800. The SMILES string of the molecule is CC1C(C)(C)CCC(O)C1(C)O. The van der Waals surface area contributed by atoms with Crippen LogP contribution in [0.2, 0.25) is 0 Å². The van der Waals surface area contributed by atoms with E-state index in [1.807, 2.05) is 6.92 Å². The third-order valence-corrected chi connectivity index (χ3v) is 3.79. The van der Waals surface area contributed by atoms with Crippen molar-refractivity contribution in [3.63, 3.8) is 0 Å². The zero-order valence-corrected chi connectivity index (χ0v) is 8.46. The van der Waals surface area contributed by atoms with Gasteiger partial charge >= 0.3 is 0 Å². The molecule has 1 fully saturated rings. The molecule has 0 amide bonds. The van der Waals surface area contributed by atoms with Gasteiger partial charge in [0.25, 0.3) is 0 Å². The van der Waals surface area contributed by atoms with E-state index in [2.05, 4.69) is 13.8 Å². The molecule has 1 aliphatic carbocycles. The Kier molecular flexibility index (Phi) is 2.26. The van der Waals surface area contributed by atoms with Crippen LogP contribution in [-0.4, -0.2) is 21.9 Å². The minimum atomic E-state index is -0.915. The molecule has 0 radical (unpaired) electrons. The molecule has 2 N–H and O–H groups in total. The summed E-state index contributed by atoms with van der Waals surface area (Å²) in [5.41, 5.74) is -0.773. The van der Waals surface area contributed by atoms with Crippen molar-refractivity contribution in [1.29, 1.82) is 0 Å². The molecule has 2 heteroatoms. The highest BCUT2D eigenvalue weighted by molar-refractivity contribution is 4.98. The van der Waals surface area contributed by atoms with E-state index in [1.54, 1.807) is 6.92 Å². The first-order valence-electron chi connectivity index (χ1n) is 4.69. The van der Waals surface area contributed by atoms with E-state index in [9.17, 15) is 10.2 Å². The van der Waals surface area contributed by atoms with Gasteiger partial charge in [0.2, 0.25) is 0 Å². The molecular weight excluding hydrogens is 152 g/mol. The molecule has 1 aliphatic rings. The summed E-state index contributed by atoms with van der Waals surface area (Å²) in [7, 11) is 0. The Morgan fingerprint density at radius 2 is 1.75 bits per heavy atom. The standard InChI is InChI=1S/C10H20O2/c1-7-9(2,3)6-5-8(11)10(7,4)12/h7-8,11-12H,5-6H2,1-4H3. The summed E-state index contributed by atoms with van der Waals surface area (Å²) < 4.78 is 0. The Balaban J connectivity index is 2.86. The monoisotopic (exact) mass is 172 g/mol. The smallest absolute Gasteiger partial charge is 0.0907 e. The van der Waals surface area contributed by atoms with Crippen LogP contribution in [0.15, 0.2) is 0 Å². The predicted octanol–water partition coefficient (Wildman–Crippen LogP) is 1.55. The Morgan fingerprint density at radius 3 is 2.17 bits per heavy atom. The summed E-state index contributed by atoms with van der Waals surface area (Å²) in [5, 5.41) is 19.6. The second kappa shape index (κ2) is 2.71. The van der Waals surface area contributed by atoms with Gasteiger partial charge in [-0.15, -0.1) is 0 Å². The summed E-state index contributed by atoms with van der Waals surface area (Å²) in [5.74, 6) is 0.147. The highest BCUT2D eigenvalue weighted by Gasteiger charge is 2.47. The molecule has 0 aliphatic heterocycles. The Morgan fingerprint density at radius 1 is 1.25 bits per heavy atom. The first-order chi connectivity index (χ1) is 5.28. The van der Waals surface area contributed by atoms with Crippen molar-refractivity contribution in [1.82, 2.24) is 0 Å². The highest BCUT2D eigenvalue weighted by atomic mass is 16.3. The van der Waals surface area contributed by atoms with E-state index in [-0.39, 0.29) is 11.3 Å². The first kappa shape index (κ1) is 10.0. The van der Waals surface area contributed by atoms with E-state index in [1.165, 1.54) is 0 Å². The third-order valence-electron chi connectivity index (χ3n) is 3.79. The second-order valence-electron chi connectivity index (χ2n) is 4.99. The molecule has 0 aromatic heterocycles. The number of aliphatic hydroxyl groups is 2. The molecule has 2 nitrogen and oxygen atoms in total. The molecule has 0 bridgehead atoms. The lowest BCUT2D eigenvalue weighted by Crippen LogP contribution is -2.54. The van der Waals surface area contributed by atoms with Gasteiger partial charge in [-0.2, -0.15) is 0 Å². The Labute approximate surface area is 74.6 Å². The molecule has 0 spiro atoms. The molecule has 12 heavy (non-hydrogen) atoms. The molecule has 72 valence electrons. The average molecular weight is 172 g/mol. The fourth-order valence-electron chi connectivity index (χ4n) is 2.10. The van der Waals surface area contributed by atoms with Crippen LogP contribution in [-0.2, 0) is 0 Å². The molecular formula is C10H20O2. The molecule has 3 unspecified atom stereocenters. The fraction of sp³-hybridized carbons (Fsp3) is 1.00. The van der Waals surface area contributed by atoms with Crippen LogP contribution in [0.1, 0.15) is 40.5 Å². The van der Waals surface area contributed by atoms with Crippen molar-refractivity contribution >= 4 is 0 Å². The average Bonchev–Trinajstić information content (AvgIpc) is 1.96. The van der Waals surface area contributed by atoms with Gasteiger partial charge in [-0.05, 0) is 31.1 Å². The molecule has 0 aromatic carbocycles. The van der Waals surface area contributed by atoms with Gasteiger partial charge in [0.05, 0.1) is 11.7 Å². The quantitative estimate of drug-likeness (QED) is 0.582. The lowest BCUT2D eigenvalue weighted by atomic mass is 9.61. The van der Waals surface area contributed by atoms with Gasteiger partial charge in [0.15, 0.2) is 0 Å². The van der Waals surface area contributed by atoms with Gasteiger partial charge in [-0.1, -0.05) is 20.8 Å². The van der Waals surface area contributed by atoms with Crippen LogP contribution in [0.5, 0.6) is 0 Å². The van der Waals surface area contributed by atoms with Crippen molar-refractivity contribution in [3.8, 4) is 0 Å². The van der Waals surface area contributed by atoms with Gasteiger partial charge in [-0.25, -0.2) is 0 Å². The van der Waals surface area contributed by atoms with Crippen molar-refractivity contribution in [2.45, 2.75) is 52.2 Å². The third kappa shape index (κ3) is 1.38.